The molecule has 5 heteroatoms. The fourth-order valence-corrected chi connectivity index (χ4v) is 1.56. The van der Waals surface area contributed by atoms with Gasteiger partial charge in [0.2, 0.25) is 0 Å². The van der Waals surface area contributed by atoms with Crippen molar-refractivity contribution in [1.29, 1.82) is 0 Å². The largest absolute Gasteiger partial charge is 0.409 e. The van der Waals surface area contributed by atoms with Gasteiger partial charge < -0.3 is 16.0 Å². The molecule has 0 spiro atoms. The summed E-state index contributed by atoms with van der Waals surface area (Å²) in [7, 11) is 0. The van der Waals surface area contributed by atoms with E-state index in [0.717, 1.165) is 24.3 Å². The maximum absolute atomic E-state index is 8.46. The van der Waals surface area contributed by atoms with Crippen LogP contribution in [-0.4, -0.2) is 34.3 Å². The van der Waals surface area contributed by atoms with Crippen molar-refractivity contribution < 1.29 is 10.3 Å². The number of thioether (sulfide) groups is 1. The Balaban J connectivity index is 3.00. The molecule has 0 heterocycles. The number of hydrogen-bond donors (Lipinski definition) is 3. The second kappa shape index (κ2) is 8.67. The summed E-state index contributed by atoms with van der Waals surface area (Å²) in [6.07, 6.45) is 2.41. The van der Waals surface area contributed by atoms with E-state index in [1.165, 1.54) is 0 Å². The highest BCUT2D eigenvalue weighted by Gasteiger charge is 1.93. The first-order chi connectivity index (χ1) is 5.81. The lowest BCUT2D eigenvalue weighted by atomic mass is 10.3. The molecule has 0 fully saturated rings. The maximum atomic E-state index is 8.46. The zero-order chi connectivity index (χ0) is 9.23. The summed E-state index contributed by atoms with van der Waals surface area (Å²) in [5, 5.41) is 19.5. The van der Waals surface area contributed by atoms with Crippen molar-refractivity contribution >= 4 is 17.6 Å². The van der Waals surface area contributed by atoms with E-state index in [1.807, 2.05) is 0 Å². The van der Waals surface area contributed by atoms with Crippen LogP contribution >= 0.6 is 11.8 Å². The van der Waals surface area contributed by atoms with E-state index >= 15 is 0 Å². The molecule has 0 aliphatic rings. The summed E-state index contributed by atoms with van der Waals surface area (Å²) in [6.45, 7) is 0.257. The first-order valence-corrected chi connectivity index (χ1v) is 5.11. The van der Waals surface area contributed by atoms with Crippen LogP contribution in [0, 0.1) is 0 Å². The Bertz CT molecular complexity index is 131. The van der Waals surface area contributed by atoms with Gasteiger partial charge in [-0.05, 0) is 24.3 Å². The monoisotopic (exact) mass is 192 g/mol. The quantitative estimate of drug-likeness (QED) is 0.182. The molecule has 0 aliphatic heterocycles. The Kier molecular flexibility index (Phi) is 8.37. The van der Waals surface area contributed by atoms with Crippen LogP contribution in [0.3, 0.4) is 0 Å². The molecule has 4 N–H and O–H groups in total. The molecule has 0 radical (unpaired) electrons. The van der Waals surface area contributed by atoms with Crippen LogP contribution in [0.15, 0.2) is 5.16 Å². The van der Waals surface area contributed by atoms with E-state index in [-0.39, 0.29) is 12.4 Å². The Morgan fingerprint density at radius 3 is 2.58 bits per heavy atom. The lowest BCUT2D eigenvalue weighted by Crippen LogP contribution is -2.11. The first-order valence-electron chi connectivity index (χ1n) is 3.96. The van der Waals surface area contributed by atoms with Gasteiger partial charge in [-0.1, -0.05) is 5.16 Å². The normalized spacial score (nSPS) is 11.9. The van der Waals surface area contributed by atoms with Crippen molar-refractivity contribution in [3.63, 3.8) is 0 Å². The fourth-order valence-electron chi connectivity index (χ4n) is 0.674. The predicted molar refractivity (Wildman–Crippen MR) is 51.7 cm³/mol. The SMILES string of the molecule is NC(CCCSCCCO)=NO. The van der Waals surface area contributed by atoms with E-state index in [9.17, 15) is 0 Å². The summed E-state index contributed by atoms with van der Waals surface area (Å²) < 4.78 is 0. The third-order valence-corrected chi connectivity index (χ3v) is 2.45. The van der Waals surface area contributed by atoms with Gasteiger partial charge in [-0.25, -0.2) is 0 Å². The molecular weight excluding hydrogens is 176 g/mol. The molecule has 0 aromatic carbocycles. The average Bonchev–Trinajstić information content (AvgIpc) is 2.10. The van der Waals surface area contributed by atoms with E-state index in [4.69, 9.17) is 16.0 Å². The Morgan fingerprint density at radius 1 is 1.33 bits per heavy atom. The molecular formula is C7H16N2O2S. The highest BCUT2D eigenvalue weighted by molar-refractivity contribution is 7.99. The van der Waals surface area contributed by atoms with Crippen molar-refractivity contribution in [3.05, 3.63) is 0 Å². The Labute approximate surface area is 76.8 Å². The molecule has 4 nitrogen and oxygen atoms in total. The van der Waals surface area contributed by atoms with E-state index in [1.54, 1.807) is 11.8 Å². The fraction of sp³-hybridized carbons (Fsp3) is 0.857. The Hall–Kier alpha value is -0.420. The summed E-state index contributed by atoms with van der Waals surface area (Å²) in [5.74, 6) is 2.26. The first kappa shape index (κ1) is 11.6. The number of nitrogens with zero attached hydrogens (tertiary/aromatic N) is 1. The summed E-state index contributed by atoms with van der Waals surface area (Å²) in [5.41, 5.74) is 5.26. The number of nitrogens with two attached hydrogens (primary N) is 1. The number of rotatable bonds is 7. The Morgan fingerprint density at radius 2 is 2.00 bits per heavy atom. The number of hydrogen-bond acceptors (Lipinski definition) is 4. The van der Waals surface area contributed by atoms with Gasteiger partial charge in [0.05, 0.1) is 0 Å². The molecule has 0 aliphatic carbocycles. The van der Waals surface area contributed by atoms with Gasteiger partial charge >= 0.3 is 0 Å². The molecule has 0 rings (SSSR count). The van der Waals surface area contributed by atoms with Crippen LogP contribution in [0.2, 0.25) is 0 Å². The molecule has 0 unspecified atom stereocenters. The van der Waals surface area contributed by atoms with Gasteiger partial charge in [-0.2, -0.15) is 11.8 Å². The minimum atomic E-state index is 0.257. The van der Waals surface area contributed by atoms with Gasteiger partial charge in [-0.3, -0.25) is 0 Å². The van der Waals surface area contributed by atoms with Crippen molar-refractivity contribution in [2.75, 3.05) is 18.1 Å². The molecule has 0 aromatic heterocycles. The zero-order valence-corrected chi connectivity index (χ0v) is 7.89. The highest BCUT2D eigenvalue weighted by atomic mass is 32.2. The smallest absolute Gasteiger partial charge is 0.139 e. The third-order valence-electron chi connectivity index (χ3n) is 1.30. The number of aliphatic hydroxyl groups is 1. The van der Waals surface area contributed by atoms with Gasteiger partial charge in [0, 0.05) is 13.0 Å². The summed E-state index contributed by atoms with van der Waals surface area (Å²) in [4.78, 5) is 0. The predicted octanol–water partition coefficient (Wildman–Crippen LogP) is 0.629. The van der Waals surface area contributed by atoms with Crippen molar-refractivity contribution in [3.8, 4) is 0 Å². The molecule has 12 heavy (non-hydrogen) atoms. The lowest BCUT2D eigenvalue weighted by molar-refractivity contribution is 0.296. The lowest BCUT2D eigenvalue weighted by Gasteiger charge is -1.99. The standard InChI is InChI=1S/C7H16N2O2S/c8-7(9-11)3-1-5-12-6-2-4-10/h10-11H,1-6H2,(H2,8,9). The average molecular weight is 192 g/mol. The maximum Gasteiger partial charge on any atom is 0.139 e. The van der Waals surface area contributed by atoms with Crippen molar-refractivity contribution in [2.45, 2.75) is 19.3 Å². The molecule has 0 amide bonds. The highest BCUT2D eigenvalue weighted by Crippen LogP contribution is 2.05. The van der Waals surface area contributed by atoms with Crippen LogP contribution < -0.4 is 5.73 Å². The molecule has 72 valence electrons. The molecule has 0 bridgehead atoms. The van der Waals surface area contributed by atoms with E-state index < -0.39 is 0 Å². The van der Waals surface area contributed by atoms with Crippen molar-refractivity contribution in [2.24, 2.45) is 10.9 Å². The molecule has 0 aromatic rings. The number of oxime groups is 1. The number of amidine groups is 1. The van der Waals surface area contributed by atoms with Crippen LogP contribution in [0.5, 0.6) is 0 Å². The van der Waals surface area contributed by atoms with Gasteiger partial charge in [-0.15, -0.1) is 0 Å². The van der Waals surface area contributed by atoms with Gasteiger partial charge in [0.25, 0.3) is 0 Å². The van der Waals surface area contributed by atoms with E-state index in [0.29, 0.717) is 6.42 Å². The molecule has 0 atom stereocenters. The minimum absolute atomic E-state index is 0.257. The van der Waals surface area contributed by atoms with Crippen LogP contribution in [0.1, 0.15) is 19.3 Å². The van der Waals surface area contributed by atoms with Gasteiger partial charge in [0.15, 0.2) is 0 Å². The van der Waals surface area contributed by atoms with Gasteiger partial charge in [0.1, 0.15) is 5.84 Å². The summed E-state index contributed by atoms with van der Waals surface area (Å²) in [6, 6.07) is 0. The second-order valence-corrected chi connectivity index (χ2v) is 3.61. The van der Waals surface area contributed by atoms with Crippen LogP contribution in [0.4, 0.5) is 0 Å². The molecule has 0 saturated carbocycles. The molecule has 0 saturated heterocycles. The van der Waals surface area contributed by atoms with Crippen molar-refractivity contribution in [1.82, 2.24) is 0 Å². The number of aliphatic hydroxyl groups excluding tert-OH is 1. The minimum Gasteiger partial charge on any atom is -0.409 e. The zero-order valence-electron chi connectivity index (χ0n) is 7.07. The van der Waals surface area contributed by atoms with Crippen LogP contribution in [-0.2, 0) is 0 Å². The topological polar surface area (TPSA) is 78.8 Å². The summed E-state index contributed by atoms with van der Waals surface area (Å²) >= 11 is 1.78. The second-order valence-electron chi connectivity index (χ2n) is 2.38. The van der Waals surface area contributed by atoms with E-state index in [2.05, 4.69) is 5.16 Å². The third kappa shape index (κ3) is 7.68. The van der Waals surface area contributed by atoms with Crippen LogP contribution in [0.25, 0.3) is 0 Å².